The highest BCUT2D eigenvalue weighted by Crippen LogP contribution is 2.27. The van der Waals surface area contributed by atoms with Crippen LogP contribution in [0, 0.1) is 17.0 Å². The van der Waals surface area contributed by atoms with Gasteiger partial charge in [0, 0.05) is 18.7 Å². The zero-order valence-electron chi connectivity index (χ0n) is 11.5. The number of rotatable bonds is 4. The monoisotopic (exact) mass is 335 g/mol. The summed E-state index contributed by atoms with van der Waals surface area (Å²) in [6, 6.07) is 4.02. The number of halogens is 1. The number of sulfonamides is 1. The molecule has 1 aliphatic rings. The van der Waals surface area contributed by atoms with E-state index in [1.807, 2.05) is 0 Å². The molecule has 1 aliphatic heterocycles. The summed E-state index contributed by atoms with van der Waals surface area (Å²) in [7, 11) is -3.90. The third-order valence-electron chi connectivity index (χ3n) is 3.28. The number of hydrogen-bond acceptors (Lipinski definition) is 5. The number of nitro benzene ring substituents is 1. The van der Waals surface area contributed by atoms with E-state index in [1.165, 1.54) is 12.1 Å². The third kappa shape index (κ3) is 4.13. The summed E-state index contributed by atoms with van der Waals surface area (Å²) in [6.07, 6.45) is 1.61. The minimum Gasteiger partial charge on any atom is -0.315 e. The number of benzene rings is 1. The number of nitrogens with zero attached hydrogens (tertiary/aromatic N) is 1. The van der Waals surface area contributed by atoms with Crippen LogP contribution in [0.3, 0.4) is 0 Å². The Balaban J connectivity index is 0.00000220. The molecule has 2 N–H and O–H groups in total. The Morgan fingerprint density at radius 3 is 2.71 bits per heavy atom. The van der Waals surface area contributed by atoms with Gasteiger partial charge in [-0.15, -0.1) is 12.4 Å². The SMILES string of the molecule is Cc1cccc([N+](=O)[O-])c1S(=O)(=O)N[C@@H]1CCCNC1.Cl. The first-order chi connectivity index (χ1) is 9.42. The fraction of sp³-hybridized carbons (Fsp3) is 0.500. The van der Waals surface area contributed by atoms with Gasteiger partial charge in [-0.1, -0.05) is 12.1 Å². The van der Waals surface area contributed by atoms with Gasteiger partial charge in [0.1, 0.15) is 0 Å². The fourth-order valence-electron chi connectivity index (χ4n) is 2.36. The zero-order chi connectivity index (χ0) is 14.8. The van der Waals surface area contributed by atoms with Crippen LogP contribution in [0.2, 0.25) is 0 Å². The van der Waals surface area contributed by atoms with Crippen LogP contribution in [0.4, 0.5) is 5.69 Å². The first-order valence-electron chi connectivity index (χ1n) is 6.39. The molecule has 1 fully saturated rings. The molecule has 1 atom stereocenters. The second-order valence-corrected chi connectivity index (χ2v) is 6.50. The molecule has 0 aromatic heterocycles. The minimum absolute atomic E-state index is 0. The number of nitrogens with one attached hydrogen (secondary N) is 2. The van der Waals surface area contributed by atoms with E-state index in [2.05, 4.69) is 10.0 Å². The van der Waals surface area contributed by atoms with Crippen molar-refractivity contribution in [3.8, 4) is 0 Å². The van der Waals surface area contributed by atoms with Crippen LogP contribution in [0.25, 0.3) is 0 Å². The van der Waals surface area contributed by atoms with Crippen molar-refractivity contribution in [2.45, 2.75) is 30.7 Å². The lowest BCUT2D eigenvalue weighted by Crippen LogP contribution is -2.45. The molecule has 0 amide bonds. The second-order valence-electron chi connectivity index (χ2n) is 4.84. The largest absolute Gasteiger partial charge is 0.315 e. The highest BCUT2D eigenvalue weighted by Gasteiger charge is 2.30. The predicted molar refractivity (Wildman–Crippen MR) is 81.3 cm³/mol. The molecule has 9 heteroatoms. The molecule has 0 radical (unpaired) electrons. The topological polar surface area (TPSA) is 101 Å². The number of nitro groups is 1. The average molecular weight is 336 g/mol. The van der Waals surface area contributed by atoms with Crippen molar-refractivity contribution >= 4 is 28.1 Å². The maximum Gasteiger partial charge on any atom is 0.289 e. The summed E-state index contributed by atoms with van der Waals surface area (Å²) >= 11 is 0. The molecule has 1 saturated heterocycles. The lowest BCUT2D eigenvalue weighted by atomic mass is 10.1. The van der Waals surface area contributed by atoms with Gasteiger partial charge in [-0.05, 0) is 31.9 Å². The van der Waals surface area contributed by atoms with Gasteiger partial charge >= 0.3 is 0 Å². The van der Waals surface area contributed by atoms with Crippen LogP contribution in [-0.4, -0.2) is 32.5 Å². The van der Waals surface area contributed by atoms with Gasteiger partial charge in [-0.2, -0.15) is 0 Å². The molecule has 0 spiro atoms. The van der Waals surface area contributed by atoms with Crippen molar-refractivity contribution in [3.63, 3.8) is 0 Å². The lowest BCUT2D eigenvalue weighted by Gasteiger charge is -2.23. The van der Waals surface area contributed by atoms with Gasteiger partial charge in [-0.25, -0.2) is 13.1 Å². The van der Waals surface area contributed by atoms with Crippen molar-refractivity contribution in [2.24, 2.45) is 0 Å². The van der Waals surface area contributed by atoms with E-state index in [4.69, 9.17) is 0 Å². The van der Waals surface area contributed by atoms with Crippen molar-refractivity contribution in [2.75, 3.05) is 13.1 Å². The van der Waals surface area contributed by atoms with Gasteiger partial charge in [0.2, 0.25) is 10.0 Å². The summed E-state index contributed by atoms with van der Waals surface area (Å²) in [5.41, 5.74) is -0.0169. The van der Waals surface area contributed by atoms with E-state index in [-0.39, 0.29) is 29.0 Å². The fourth-order valence-corrected chi connectivity index (χ4v) is 4.03. The van der Waals surface area contributed by atoms with Gasteiger partial charge in [0.25, 0.3) is 5.69 Å². The Kier molecular flexibility index (Phi) is 6.09. The Bertz CT molecular complexity index is 615. The molecule has 7 nitrogen and oxygen atoms in total. The summed E-state index contributed by atoms with van der Waals surface area (Å²) in [6.45, 7) is 2.96. The highest BCUT2D eigenvalue weighted by atomic mass is 35.5. The van der Waals surface area contributed by atoms with Crippen molar-refractivity contribution in [1.82, 2.24) is 10.0 Å². The van der Waals surface area contributed by atoms with E-state index in [0.29, 0.717) is 12.1 Å². The van der Waals surface area contributed by atoms with Gasteiger partial charge in [-0.3, -0.25) is 10.1 Å². The van der Waals surface area contributed by atoms with Gasteiger partial charge in [0.15, 0.2) is 4.90 Å². The molecule has 118 valence electrons. The highest BCUT2D eigenvalue weighted by molar-refractivity contribution is 7.89. The Labute approximate surface area is 129 Å². The maximum absolute atomic E-state index is 12.4. The van der Waals surface area contributed by atoms with E-state index in [1.54, 1.807) is 13.0 Å². The minimum atomic E-state index is -3.90. The van der Waals surface area contributed by atoms with Gasteiger partial charge < -0.3 is 5.32 Å². The molecule has 0 unspecified atom stereocenters. The quantitative estimate of drug-likeness (QED) is 0.639. The lowest BCUT2D eigenvalue weighted by molar-refractivity contribution is -0.387. The van der Waals surface area contributed by atoms with E-state index >= 15 is 0 Å². The molecular formula is C12H18ClN3O4S. The molecule has 0 bridgehead atoms. The molecule has 0 aliphatic carbocycles. The first-order valence-corrected chi connectivity index (χ1v) is 7.87. The normalized spacial score (nSPS) is 18.8. The van der Waals surface area contributed by atoms with E-state index in [0.717, 1.165) is 19.4 Å². The summed E-state index contributed by atoms with van der Waals surface area (Å²) in [5, 5.41) is 14.1. The van der Waals surface area contributed by atoms with Crippen LogP contribution in [0.15, 0.2) is 23.1 Å². The molecule has 1 heterocycles. The van der Waals surface area contributed by atoms with Crippen molar-refractivity contribution in [1.29, 1.82) is 0 Å². The number of aryl methyl sites for hydroxylation is 1. The van der Waals surface area contributed by atoms with Crippen molar-refractivity contribution < 1.29 is 13.3 Å². The maximum atomic E-state index is 12.4. The molecular weight excluding hydrogens is 318 g/mol. The Hall–Kier alpha value is -1.22. The van der Waals surface area contributed by atoms with Crippen LogP contribution in [0.1, 0.15) is 18.4 Å². The first kappa shape index (κ1) is 17.8. The zero-order valence-corrected chi connectivity index (χ0v) is 13.2. The molecule has 0 saturated carbocycles. The number of piperidine rings is 1. The second kappa shape index (κ2) is 7.17. The molecule has 1 aromatic rings. The Morgan fingerprint density at radius 2 is 2.14 bits per heavy atom. The van der Waals surface area contributed by atoms with Crippen LogP contribution >= 0.6 is 12.4 Å². The predicted octanol–water partition coefficient (Wildman–Crippen LogP) is 1.36. The van der Waals surface area contributed by atoms with E-state index in [9.17, 15) is 18.5 Å². The van der Waals surface area contributed by atoms with Crippen LogP contribution in [0.5, 0.6) is 0 Å². The number of hydrogen-bond donors (Lipinski definition) is 2. The third-order valence-corrected chi connectivity index (χ3v) is 4.99. The molecule has 1 aromatic carbocycles. The van der Waals surface area contributed by atoms with E-state index < -0.39 is 14.9 Å². The van der Waals surface area contributed by atoms with Gasteiger partial charge in [0.05, 0.1) is 4.92 Å². The summed E-state index contributed by atoms with van der Waals surface area (Å²) < 4.78 is 27.4. The van der Waals surface area contributed by atoms with Crippen LogP contribution < -0.4 is 10.0 Å². The van der Waals surface area contributed by atoms with Crippen LogP contribution in [-0.2, 0) is 10.0 Å². The Morgan fingerprint density at radius 1 is 1.43 bits per heavy atom. The molecule has 21 heavy (non-hydrogen) atoms. The summed E-state index contributed by atoms with van der Waals surface area (Å²) in [5.74, 6) is 0. The average Bonchev–Trinajstić information content (AvgIpc) is 2.38. The smallest absolute Gasteiger partial charge is 0.289 e. The molecule has 2 rings (SSSR count). The summed E-state index contributed by atoms with van der Waals surface area (Å²) in [4.78, 5) is 10.1. The van der Waals surface area contributed by atoms with Crippen molar-refractivity contribution in [3.05, 3.63) is 33.9 Å². The standard InChI is InChI=1S/C12H17N3O4S.ClH/c1-9-4-2-6-11(15(16)17)12(9)20(18,19)14-10-5-3-7-13-8-10;/h2,4,6,10,13-14H,3,5,7-8H2,1H3;1H/t10-;/m1./s1.